The quantitative estimate of drug-likeness (QED) is 0.678. The fourth-order valence-corrected chi connectivity index (χ4v) is 2.05. The van der Waals surface area contributed by atoms with Gasteiger partial charge >= 0.3 is 7.12 Å². The van der Waals surface area contributed by atoms with E-state index in [0.29, 0.717) is 11.4 Å². The molecule has 0 radical (unpaired) electrons. The van der Waals surface area contributed by atoms with Crippen molar-refractivity contribution >= 4 is 12.6 Å². The Kier molecular flexibility index (Phi) is 3.33. The Labute approximate surface area is 89.5 Å². The van der Waals surface area contributed by atoms with E-state index in [-0.39, 0.29) is 0 Å². The van der Waals surface area contributed by atoms with Crippen molar-refractivity contribution in [3.63, 3.8) is 0 Å². The van der Waals surface area contributed by atoms with Crippen LogP contribution in [0.3, 0.4) is 0 Å². The lowest BCUT2D eigenvalue weighted by molar-refractivity contribution is 0.422. The molecule has 5 heteroatoms. The number of rotatable bonds is 2. The Morgan fingerprint density at radius 1 is 1.07 bits per heavy atom. The SMILES string of the molecule is OB(O)c1cnc(C2CCCCC2)nc1. The Balaban J connectivity index is 2.08. The summed E-state index contributed by atoms with van der Waals surface area (Å²) in [7, 11) is -1.47. The molecule has 0 aromatic carbocycles. The summed E-state index contributed by atoms with van der Waals surface area (Å²) in [5.74, 6) is 1.31. The lowest BCUT2D eigenvalue weighted by Crippen LogP contribution is -2.31. The highest BCUT2D eigenvalue weighted by molar-refractivity contribution is 6.58. The van der Waals surface area contributed by atoms with Crippen LogP contribution < -0.4 is 5.46 Å². The number of hydrogen-bond donors (Lipinski definition) is 2. The van der Waals surface area contributed by atoms with Gasteiger partial charge in [-0.05, 0) is 12.8 Å². The van der Waals surface area contributed by atoms with Crippen molar-refractivity contribution in [2.24, 2.45) is 0 Å². The fraction of sp³-hybridized carbons (Fsp3) is 0.600. The maximum absolute atomic E-state index is 8.90. The molecule has 0 bridgehead atoms. The minimum absolute atomic E-state index is 0.356. The van der Waals surface area contributed by atoms with E-state index in [2.05, 4.69) is 9.97 Å². The summed E-state index contributed by atoms with van der Waals surface area (Å²) < 4.78 is 0. The molecule has 15 heavy (non-hydrogen) atoms. The molecule has 0 aliphatic heterocycles. The Morgan fingerprint density at radius 2 is 1.67 bits per heavy atom. The highest BCUT2D eigenvalue weighted by atomic mass is 16.4. The molecule has 0 atom stereocenters. The van der Waals surface area contributed by atoms with Crippen LogP contribution >= 0.6 is 0 Å². The molecule has 1 saturated carbocycles. The zero-order valence-electron chi connectivity index (χ0n) is 8.63. The van der Waals surface area contributed by atoms with E-state index >= 15 is 0 Å². The van der Waals surface area contributed by atoms with Crippen LogP contribution in [0.4, 0.5) is 0 Å². The molecular formula is C10H15BN2O2. The molecule has 1 aromatic heterocycles. The largest absolute Gasteiger partial charge is 0.491 e. The van der Waals surface area contributed by atoms with Crippen LogP contribution in [-0.2, 0) is 0 Å². The third-order valence-corrected chi connectivity index (χ3v) is 2.96. The molecule has 0 saturated heterocycles. The minimum atomic E-state index is -1.47. The van der Waals surface area contributed by atoms with Crippen molar-refractivity contribution in [1.29, 1.82) is 0 Å². The summed E-state index contributed by atoms with van der Waals surface area (Å²) in [4.78, 5) is 8.38. The maximum atomic E-state index is 8.90. The van der Waals surface area contributed by atoms with Gasteiger partial charge in [0.2, 0.25) is 0 Å². The Bertz CT molecular complexity index is 310. The van der Waals surface area contributed by atoms with Gasteiger partial charge in [-0.2, -0.15) is 0 Å². The first kappa shape index (κ1) is 10.6. The van der Waals surface area contributed by atoms with E-state index in [1.807, 2.05) is 0 Å². The van der Waals surface area contributed by atoms with Crippen LogP contribution in [-0.4, -0.2) is 27.1 Å². The maximum Gasteiger partial charge on any atom is 0.491 e. The molecule has 0 spiro atoms. The monoisotopic (exact) mass is 206 g/mol. The van der Waals surface area contributed by atoms with Gasteiger partial charge in [0.05, 0.1) is 0 Å². The number of hydrogen-bond acceptors (Lipinski definition) is 4. The van der Waals surface area contributed by atoms with Crippen LogP contribution in [0.2, 0.25) is 0 Å². The van der Waals surface area contributed by atoms with Crippen molar-refractivity contribution in [1.82, 2.24) is 9.97 Å². The first-order chi connectivity index (χ1) is 7.27. The molecule has 1 heterocycles. The van der Waals surface area contributed by atoms with E-state index in [9.17, 15) is 0 Å². The van der Waals surface area contributed by atoms with Crippen molar-refractivity contribution < 1.29 is 10.0 Å². The van der Waals surface area contributed by atoms with Crippen molar-refractivity contribution in [2.75, 3.05) is 0 Å². The summed E-state index contributed by atoms with van der Waals surface area (Å²) in [5.41, 5.74) is 0.356. The number of aromatic nitrogens is 2. The lowest BCUT2D eigenvalue weighted by Gasteiger charge is -2.19. The predicted octanol–water partition coefficient (Wildman–Crippen LogP) is 0.204. The highest BCUT2D eigenvalue weighted by Gasteiger charge is 2.19. The first-order valence-electron chi connectivity index (χ1n) is 5.45. The highest BCUT2D eigenvalue weighted by Crippen LogP contribution is 2.29. The summed E-state index contributed by atoms with van der Waals surface area (Å²) in [6.07, 6.45) is 9.12. The first-order valence-corrected chi connectivity index (χ1v) is 5.45. The van der Waals surface area contributed by atoms with Gasteiger partial charge in [0.1, 0.15) is 5.82 Å². The van der Waals surface area contributed by atoms with Gasteiger partial charge in [0, 0.05) is 23.8 Å². The molecule has 0 unspecified atom stereocenters. The molecule has 2 N–H and O–H groups in total. The second-order valence-corrected chi connectivity index (χ2v) is 4.08. The second kappa shape index (κ2) is 4.72. The van der Waals surface area contributed by atoms with E-state index in [1.54, 1.807) is 0 Å². The van der Waals surface area contributed by atoms with Crippen LogP contribution in [0, 0.1) is 0 Å². The van der Waals surface area contributed by atoms with Gasteiger partial charge in [-0.1, -0.05) is 19.3 Å². The fourth-order valence-electron chi connectivity index (χ4n) is 2.05. The molecule has 1 aliphatic rings. The predicted molar refractivity (Wildman–Crippen MR) is 57.7 cm³/mol. The van der Waals surface area contributed by atoms with Gasteiger partial charge in [-0.3, -0.25) is 0 Å². The third kappa shape index (κ3) is 2.55. The second-order valence-electron chi connectivity index (χ2n) is 4.08. The Morgan fingerprint density at radius 3 is 2.20 bits per heavy atom. The van der Waals surface area contributed by atoms with E-state index < -0.39 is 7.12 Å². The van der Waals surface area contributed by atoms with Gasteiger partial charge in [-0.25, -0.2) is 9.97 Å². The van der Waals surface area contributed by atoms with Crippen molar-refractivity contribution in [2.45, 2.75) is 38.0 Å². The molecule has 1 fully saturated rings. The average Bonchev–Trinajstić information content (AvgIpc) is 2.30. The summed E-state index contributed by atoms with van der Waals surface area (Å²) in [5, 5.41) is 17.8. The summed E-state index contributed by atoms with van der Waals surface area (Å²) in [6.45, 7) is 0. The zero-order valence-corrected chi connectivity index (χ0v) is 8.63. The van der Waals surface area contributed by atoms with Gasteiger partial charge in [0.25, 0.3) is 0 Å². The van der Waals surface area contributed by atoms with Gasteiger partial charge < -0.3 is 10.0 Å². The topological polar surface area (TPSA) is 66.2 Å². The van der Waals surface area contributed by atoms with Crippen molar-refractivity contribution in [3.05, 3.63) is 18.2 Å². The van der Waals surface area contributed by atoms with Crippen molar-refractivity contribution in [3.8, 4) is 0 Å². The zero-order chi connectivity index (χ0) is 10.7. The summed E-state index contributed by atoms with van der Waals surface area (Å²) in [6, 6.07) is 0. The van der Waals surface area contributed by atoms with Gasteiger partial charge in [-0.15, -0.1) is 0 Å². The van der Waals surface area contributed by atoms with E-state index in [0.717, 1.165) is 18.7 Å². The standard InChI is InChI=1S/C10H15BN2O2/c14-11(15)9-6-12-10(13-7-9)8-4-2-1-3-5-8/h6-8,14-15H,1-5H2. The molecule has 2 rings (SSSR count). The molecule has 1 aromatic rings. The minimum Gasteiger partial charge on any atom is -0.423 e. The van der Waals surface area contributed by atoms with Gasteiger partial charge in [0.15, 0.2) is 0 Å². The van der Waals surface area contributed by atoms with Crippen LogP contribution in [0.25, 0.3) is 0 Å². The smallest absolute Gasteiger partial charge is 0.423 e. The molecule has 80 valence electrons. The molecular weight excluding hydrogens is 191 g/mol. The average molecular weight is 206 g/mol. The van der Waals surface area contributed by atoms with Crippen LogP contribution in [0.5, 0.6) is 0 Å². The molecule has 1 aliphatic carbocycles. The van der Waals surface area contributed by atoms with Crippen LogP contribution in [0.1, 0.15) is 43.8 Å². The molecule has 0 amide bonds. The summed E-state index contributed by atoms with van der Waals surface area (Å²) >= 11 is 0. The van der Waals surface area contributed by atoms with E-state index in [1.165, 1.54) is 31.7 Å². The normalized spacial score (nSPS) is 17.7. The third-order valence-electron chi connectivity index (χ3n) is 2.96. The molecule has 4 nitrogen and oxygen atoms in total. The van der Waals surface area contributed by atoms with E-state index in [4.69, 9.17) is 10.0 Å². The lowest BCUT2D eigenvalue weighted by atomic mass is 9.82. The Hall–Kier alpha value is -0.935. The van der Waals surface area contributed by atoms with Crippen LogP contribution in [0.15, 0.2) is 12.4 Å². The number of nitrogens with zero attached hydrogens (tertiary/aromatic N) is 2.